The summed E-state index contributed by atoms with van der Waals surface area (Å²) in [5, 5.41) is 11.5. The Labute approximate surface area is 66.8 Å². The van der Waals surface area contributed by atoms with E-state index in [2.05, 4.69) is 5.32 Å². The maximum atomic E-state index is 10.5. The average molecular weight is 160 g/mol. The van der Waals surface area contributed by atoms with Crippen molar-refractivity contribution in [1.82, 2.24) is 5.32 Å². The van der Waals surface area contributed by atoms with E-state index in [1.54, 1.807) is 0 Å². The van der Waals surface area contributed by atoms with Crippen LogP contribution in [0.1, 0.15) is 26.7 Å². The number of amides is 2. The van der Waals surface area contributed by atoms with Crippen molar-refractivity contribution in [2.45, 2.75) is 32.2 Å². The predicted molar refractivity (Wildman–Crippen MR) is 43.1 cm³/mol. The Morgan fingerprint density at radius 3 is 2.09 bits per heavy atom. The summed E-state index contributed by atoms with van der Waals surface area (Å²) >= 11 is 0. The highest BCUT2D eigenvalue weighted by atomic mass is 16.3. The molecule has 0 aromatic heterocycles. The van der Waals surface area contributed by atoms with E-state index < -0.39 is 11.6 Å². The molecule has 0 aliphatic carbocycles. The van der Waals surface area contributed by atoms with Crippen LogP contribution in [0.4, 0.5) is 4.79 Å². The number of rotatable bonds is 4. The van der Waals surface area contributed by atoms with Crippen molar-refractivity contribution >= 4 is 6.03 Å². The molecule has 0 aromatic carbocycles. The van der Waals surface area contributed by atoms with Crippen LogP contribution in [0.2, 0.25) is 0 Å². The van der Waals surface area contributed by atoms with Crippen LogP contribution >= 0.6 is 0 Å². The van der Waals surface area contributed by atoms with Crippen molar-refractivity contribution in [3.05, 3.63) is 0 Å². The Morgan fingerprint density at radius 1 is 1.55 bits per heavy atom. The van der Waals surface area contributed by atoms with Gasteiger partial charge in [0.05, 0.1) is 12.1 Å². The van der Waals surface area contributed by atoms with Crippen LogP contribution < -0.4 is 11.1 Å². The monoisotopic (exact) mass is 160 g/mol. The summed E-state index contributed by atoms with van der Waals surface area (Å²) in [5.41, 5.74) is 4.42. The lowest BCUT2D eigenvalue weighted by atomic mass is 9.94. The quantitative estimate of drug-likeness (QED) is 0.549. The van der Waals surface area contributed by atoms with Crippen molar-refractivity contribution < 1.29 is 9.90 Å². The second-order valence-corrected chi connectivity index (χ2v) is 2.63. The molecule has 0 radical (unpaired) electrons. The fourth-order valence-corrected chi connectivity index (χ4v) is 0.951. The third-order valence-electron chi connectivity index (χ3n) is 2.04. The van der Waals surface area contributed by atoms with E-state index in [-0.39, 0.29) is 6.61 Å². The molecule has 0 aliphatic rings. The molecular formula is C7H16N2O2. The molecule has 4 nitrogen and oxygen atoms in total. The average Bonchev–Trinajstić information content (AvgIpc) is 2.00. The number of aliphatic hydroxyl groups is 1. The molecule has 0 unspecified atom stereocenters. The second kappa shape index (κ2) is 4.18. The Balaban J connectivity index is 4.16. The Morgan fingerprint density at radius 2 is 2.00 bits per heavy atom. The Bertz CT molecular complexity index is 124. The van der Waals surface area contributed by atoms with E-state index in [9.17, 15) is 4.79 Å². The van der Waals surface area contributed by atoms with Gasteiger partial charge in [-0.3, -0.25) is 0 Å². The first-order valence-corrected chi connectivity index (χ1v) is 3.78. The third-order valence-corrected chi connectivity index (χ3v) is 2.04. The van der Waals surface area contributed by atoms with Gasteiger partial charge in [-0.1, -0.05) is 13.8 Å². The highest BCUT2D eigenvalue weighted by Gasteiger charge is 2.25. The highest BCUT2D eigenvalue weighted by Crippen LogP contribution is 2.13. The van der Waals surface area contributed by atoms with Gasteiger partial charge >= 0.3 is 6.03 Å². The minimum atomic E-state index is -0.581. The standard InChI is InChI=1S/C7H16N2O2/c1-3-7(4-2,5-10)9-6(8)11/h10H,3-5H2,1-2H3,(H3,8,9,11). The molecule has 0 heterocycles. The number of aliphatic hydroxyl groups excluding tert-OH is 1. The van der Waals surface area contributed by atoms with Crippen molar-refractivity contribution in [1.29, 1.82) is 0 Å². The molecular weight excluding hydrogens is 144 g/mol. The van der Waals surface area contributed by atoms with Crippen molar-refractivity contribution in [3.8, 4) is 0 Å². The SMILES string of the molecule is CCC(CC)(CO)NC(N)=O. The summed E-state index contributed by atoms with van der Waals surface area (Å²) in [4.78, 5) is 10.5. The largest absolute Gasteiger partial charge is 0.394 e. The molecule has 0 fully saturated rings. The number of nitrogens with two attached hydrogens (primary N) is 1. The van der Waals surface area contributed by atoms with Crippen LogP contribution in [-0.4, -0.2) is 23.3 Å². The van der Waals surface area contributed by atoms with E-state index in [0.717, 1.165) is 0 Å². The minimum absolute atomic E-state index is 0.0665. The molecule has 4 N–H and O–H groups in total. The second-order valence-electron chi connectivity index (χ2n) is 2.63. The van der Waals surface area contributed by atoms with Gasteiger partial charge in [-0.05, 0) is 12.8 Å². The van der Waals surface area contributed by atoms with E-state index in [0.29, 0.717) is 12.8 Å². The fraction of sp³-hybridized carbons (Fsp3) is 0.857. The van der Waals surface area contributed by atoms with Gasteiger partial charge in [0, 0.05) is 0 Å². The van der Waals surface area contributed by atoms with Crippen LogP contribution in [0.25, 0.3) is 0 Å². The van der Waals surface area contributed by atoms with Crippen molar-refractivity contribution in [2.24, 2.45) is 5.73 Å². The van der Waals surface area contributed by atoms with Crippen LogP contribution in [-0.2, 0) is 0 Å². The molecule has 0 rings (SSSR count). The Kier molecular flexibility index (Phi) is 3.89. The molecule has 0 saturated carbocycles. The summed E-state index contributed by atoms with van der Waals surface area (Å²) in [6.45, 7) is 3.73. The number of urea groups is 1. The summed E-state index contributed by atoms with van der Waals surface area (Å²) in [6, 6.07) is -0.581. The maximum absolute atomic E-state index is 10.5. The molecule has 11 heavy (non-hydrogen) atoms. The number of nitrogens with one attached hydrogen (secondary N) is 1. The predicted octanol–water partition coefficient (Wildman–Crippen LogP) is 0.206. The zero-order valence-corrected chi connectivity index (χ0v) is 7.05. The van der Waals surface area contributed by atoms with Crippen molar-refractivity contribution in [2.75, 3.05) is 6.61 Å². The summed E-state index contributed by atoms with van der Waals surface area (Å²) in [6.07, 6.45) is 1.37. The summed E-state index contributed by atoms with van der Waals surface area (Å²) in [7, 11) is 0. The molecule has 0 saturated heterocycles. The van der Waals surface area contributed by atoms with Gasteiger partial charge in [-0.25, -0.2) is 4.79 Å². The lowest BCUT2D eigenvalue weighted by molar-refractivity contribution is 0.154. The highest BCUT2D eigenvalue weighted by molar-refractivity contribution is 5.72. The molecule has 0 spiro atoms. The first kappa shape index (κ1) is 10.2. The fourth-order valence-electron chi connectivity index (χ4n) is 0.951. The van der Waals surface area contributed by atoms with Gasteiger partial charge in [0.1, 0.15) is 0 Å². The molecule has 0 bridgehead atoms. The number of hydrogen-bond donors (Lipinski definition) is 3. The lowest BCUT2D eigenvalue weighted by Gasteiger charge is -2.29. The normalized spacial score (nSPS) is 11.2. The minimum Gasteiger partial charge on any atom is -0.394 e. The maximum Gasteiger partial charge on any atom is 0.312 e. The van der Waals surface area contributed by atoms with Gasteiger partial charge in [0.15, 0.2) is 0 Å². The number of hydrogen-bond acceptors (Lipinski definition) is 2. The topological polar surface area (TPSA) is 75.3 Å². The molecule has 0 aliphatic heterocycles. The first-order valence-electron chi connectivity index (χ1n) is 3.78. The molecule has 4 heteroatoms. The summed E-state index contributed by atoms with van der Waals surface area (Å²) < 4.78 is 0. The van der Waals surface area contributed by atoms with Gasteiger partial charge in [-0.2, -0.15) is 0 Å². The zero-order valence-electron chi connectivity index (χ0n) is 7.05. The van der Waals surface area contributed by atoms with Crippen LogP contribution in [0.5, 0.6) is 0 Å². The smallest absolute Gasteiger partial charge is 0.312 e. The van der Waals surface area contributed by atoms with Crippen molar-refractivity contribution in [3.63, 3.8) is 0 Å². The van der Waals surface area contributed by atoms with E-state index in [1.807, 2.05) is 13.8 Å². The van der Waals surface area contributed by atoms with Crippen LogP contribution in [0.15, 0.2) is 0 Å². The van der Waals surface area contributed by atoms with E-state index >= 15 is 0 Å². The number of carbonyl (C=O) groups is 1. The zero-order chi connectivity index (χ0) is 8.91. The van der Waals surface area contributed by atoms with Gasteiger partial charge in [0.25, 0.3) is 0 Å². The van der Waals surface area contributed by atoms with Crippen LogP contribution in [0.3, 0.4) is 0 Å². The third kappa shape index (κ3) is 2.76. The molecule has 2 amide bonds. The molecule has 0 aromatic rings. The number of carbonyl (C=O) groups excluding carboxylic acids is 1. The van der Waals surface area contributed by atoms with Gasteiger partial charge in [-0.15, -0.1) is 0 Å². The van der Waals surface area contributed by atoms with Gasteiger partial charge < -0.3 is 16.2 Å². The Hall–Kier alpha value is -0.770. The van der Waals surface area contributed by atoms with E-state index in [1.165, 1.54) is 0 Å². The molecule has 0 atom stereocenters. The summed E-state index contributed by atoms with van der Waals surface area (Å²) in [5.74, 6) is 0. The molecule has 66 valence electrons. The first-order chi connectivity index (χ1) is 5.10. The van der Waals surface area contributed by atoms with Crippen LogP contribution in [0, 0.1) is 0 Å². The number of primary amides is 1. The van der Waals surface area contributed by atoms with Gasteiger partial charge in [0.2, 0.25) is 0 Å². The lowest BCUT2D eigenvalue weighted by Crippen LogP contribution is -2.52. The van der Waals surface area contributed by atoms with E-state index in [4.69, 9.17) is 10.8 Å².